The van der Waals surface area contributed by atoms with Gasteiger partial charge in [0, 0.05) is 6.04 Å². The fraction of sp³-hybridized carbons (Fsp3) is 0.647. The smallest absolute Gasteiger partial charge is 0.122 e. The summed E-state index contributed by atoms with van der Waals surface area (Å²) in [6, 6.07) is 7.26. The van der Waals surface area contributed by atoms with Gasteiger partial charge in [-0.3, -0.25) is 0 Å². The molecule has 0 radical (unpaired) electrons. The second-order valence-corrected chi connectivity index (χ2v) is 5.94. The fourth-order valence-electron chi connectivity index (χ4n) is 3.70. The first-order valence-electron chi connectivity index (χ1n) is 7.77. The molecule has 2 nitrogen and oxygen atoms in total. The maximum atomic E-state index is 5.55. The van der Waals surface area contributed by atoms with Gasteiger partial charge in [0.2, 0.25) is 0 Å². The van der Waals surface area contributed by atoms with Crippen molar-refractivity contribution in [2.24, 2.45) is 0 Å². The molecule has 0 spiro atoms. The van der Waals surface area contributed by atoms with E-state index in [0.717, 1.165) is 11.8 Å². The van der Waals surface area contributed by atoms with Gasteiger partial charge in [0.1, 0.15) is 5.75 Å². The monoisotopic (exact) mass is 295 g/mol. The highest BCUT2D eigenvalue weighted by Crippen LogP contribution is 2.32. The molecule has 0 bridgehead atoms. The van der Waals surface area contributed by atoms with E-state index in [9.17, 15) is 0 Å². The number of ether oxygens (including phenoxy) is 1. The van der Waals surface area contributed by atoms with Crippen molar-refractivity contribution in [2.75, 3.05) is 20.2 Å². The first kappa shape index (κ1) is 15.7. The molecule has 1 aromatic rings. The van der Waals surface area contributed by atoms with E-state index in [1.807, 2.05) is 0 Å². The molecule has 3 rings (SSSR count). The van der Waals surface area contributed by atoms with Crippen molar-refractivity contribution in [1.29, 1.82) is 0 Å². The van der Waals surface area contributed by atoms with E-state index in [1.54, 1.807) is 7.11 Å². The van der Waals surface area contributed by atoms with Crippen molar-refractivity contribution >= 4 is 12.4 Å². The highest BCUT2D eigenvalue weighted by molar-refractivity contribution is 5.85. The van der Waals surface area contributed by atoms with Gasteiger partial charge in [0.05, 0.1) is 7.11 Å². The molecule has 1 aliphatic carbocycles. The van der Waals surface area contributed by atoms with Gasteiger partial charge in [-0.15, -0.1) is 12.4 Å². The summed E-state index contributed by atoms with van der Waals surface area (Å²) in [7, 11) is 1.80. The van der Waals surface area contributed by atoms with Crippen LogP contribution >= 0.6 is 12.4 Å². The normalized spacial score (nSPS) is 23.4. The quantitative estimate of drug-likeness (QED) is 0.822. The minimum atomic E-state index is 0. The Bertz CT molecular complexity index is 413. The van der Waals surface area contributed by atoms with Gasteiger partial charge in [0.15, 0.2) is 0 Å². The lowest BCUT2D eigenvalue weighted by atomic mass is 9.86. The van der Waals surface area contributed by atoms with E-state index >= 15 is 0 Å². The molecule has 0 aromatic heterocycles. The molecule has 3 heteroatoms. The zero-order valence-corrected chi connectivity index (χ0v) is 13.3. The zero-order chi connectivity index (χ0) is 13.1. The second kappa shape index (κ2) is 7.33. The first-order chi connectivity index (χ1) is 9.38. The lowest BCUT2D eigenvalue weighted by Gasteiger charge is -2.35. The Morgan fingerprint density at radius 3 is 2.55 bits per heavy atom. The minimum absolute atomic E-state index is 0. The van der Waals surface area contributed by atoms with Gasteiger partial charge in [-0.05, 0) is 62.4 Å². The predicted molar refractivity (Wildman–Crippen MR) is 86.1 cm³/mol. The van der Waals surface area contributed by atoms with Crippen molar-refractivity contribution in [3.63, 3.8) is 0 Å². The van der Waals surface area contributed by atoms with Gasteiger partial charge in [-0.1, -0.05) is 25.0 Å². The van der Waals surface area contributed by atoms with Crippen molar-refractivity contribution in [1.82, 2.24) is 4.90 Å². The molecule has 1 unspecified atom stereocenters. The predicted octanol–water partition coefficient (Wildman–Crippen LogP) is 3.85. The van der Waals surface area contributed by atoms with Gasteiger partial charge in [-0.25, -0.2) is 0 Å². The third-order valence-electron chi connectivity index (χ3n) is 4.79. The molecular weight excluding hydrogens is 270 g/mol. The van der Waals surface area contributed by atoms with Crippen LogP contribution in [0.15, 0.2) is 18.2 Å². The number of benzene rings is 1. The Morgan fingerprint density at radius 1 is 1.10 bits per heavy atom. The van der Waals surface area contributed by atoms with E-state index in [1.165, 1.54) is 69.2 Å². The fourth-order valence-corrected chi connectivity index (χ4v) is 3.70. The van der Waals surface area contributed by atoms with Crippen molar-refractivity contribution in [2.45, 2.75) is 51.0 Å². The minimum Gasteiger partial charge on any atom is -0.496 e. The molecule has 1 aromatic carbocycles. The standard InChI is InChI=1S/C17H25NO.ClH/c1-19-17-8-6-7-14-9-10-15(13-16(14)17)18-11-4-2-3-5-12-18;/h6-8,15H,2-5,9-13H2,1H3;1H. The summed E-state index contributed by atoms with van der Waals surface area (Å²) in [5, 5.41) is 0. The number of hydrogen-bond donors (Lipinski definition) is 0. The van der Waals surface area contributed by atoms with Crippen LogP contribution in [0.25, 0.3) is 0 Å². The van der Waals surface area contributed by atoms with Gasteiger partial charge < -0.3 is 9.64 Å². The largest absolute Gasteiger partial charge is 0.496 e. The van der Waals surface area contributed by atoms with Crippen molar-refractivity contribution in [3.8, 4) is 5.75 Å². The maximum Gasteiger partial charge on any atom is 0.122 e. The van der Waals surface area contributed by atoms with E-state index < -0.39 is 0 Å². The summed E-state index contributed by atoms with van der Waals surface area (Å²) in [4.78, 5) is 2.74. The van der Waals surface area contributed by atoms with E-state index in [0.29, 0.717) is 0 Å². The summed E-state index contributed by atoms with van der Waals surface area (Å²) in [6.45, 7) is 2.60. The molecule has 20 heavy (non-hydrogen) atoms. The third kappa shape index (κ3) is 3.29. The number of halogens is 1. The van der Waals surface area contributed by atoms with E-state index in [-0.39, 0.29) is 12.4 Å². The van der Waals surface area contributed by atoms with E-state index in [4.69, 9.17) is 4.74 Å². The van der Waals surface area contributed by atoms with Crippen LogP contribution in [-0.2, 0) is 12.8 Å². The van der Waals surface area contributed by atoms with Crippen LogP contribution in [0.1, 0.15) is 43.2 Å². The zero-order valence-electron chi connectivity index (χ0n) is 12.4. The maximum absolute atomic E-state index is 5.55. The van der Waals surface area contributed by atoms with Gasteiger partial charge >= 0.3 is 0 Å². The SMILES string of the molecule is COc1cccc2c1CC(N1CCCCCC1)CC2.Cl. The molecule has 2 aliphatic rings. The van der Waals surface area contributed by atoms with Gasteiger partial charge in [-0.2, -0.15) is 0 Å². The van der Waals surface area contributed by atoms with E-state index in [2.05, 4.69) is 23.1 Å². The number of nitrogens with zero attached hydrogens (tertiary/aromatic N) is 1. The molecule has 0 saturated carbocycles. The molecule has 112 valence electrons. The second-order valence-electron chi connectivity index (χ2n) is 5.94. The molecular formula is C17H26ClNO. The lowest BCUT2D eigenvalue weighted by Crippen LogP contribution is -2.40. The van der Waals surface area contributed by atoms with Crippen LogP contribution < -0.4 is 4.74 Å². The lowest BCUT2D eigenvalue weighted by molar-refractivity contribution is 0.185. The summed E-state index contributed by atoms with van der Waals surface area (Å²) in [5.41, 5.74) is 2.97. The highest BCUT2D eigenvalue weighted by atomic mass is 35.5. The number of aryl methyl sites for hydroxylation is 1. The number of hydrogen-bond acceptors (Lipinski definition) is 2. The van der Waals surface area contributed by atoms with Crippen LogP contribution in [0.3, 0.4) is 0 Å². The molecule has 1 heterocycles. The number of fused-ring (bicyclic) bond motifs is 1. The molecule has 0 amide bonds. The Kier molecular flexibility index (Phi) is 5.74. The van der Waals surface area contributed by atoms with Crippen LogP contribution in [0.4, 0.5) is 0 Å². The number of rotatable bonds is 2. The number of likely N-dealkylation sites (tertiary alicyclic amines) is 1. The highest BCUT2D eigenvalue weighted by Gasteiger charge is 2.26. The number of methoxy groups -OCH3 is 1. The topological polar surface area (TPSA) is 12.5 Å². The Morgan fingerprint density at radius 2 is 1.85 bits per heavy atom. The molecule has 1 atom stereocenters. The van der Waals surface area contributed by atoms with Crippen LogP contribution in [0.5, 0.6) is 5.75 Å². The molecule has 1 aliphatic heterocycles. The third-order valence-corrected chi connectivity index (χ3v) is 4.79. The van der Waals surface area contributed by atoms with Crippen molar-refractivity contribution in [3.05, 3.63) is 29.3 Å². The molecule has 0 N–H and O–H groups in total. The average Bonchev–Trinajstić information content (AvgIpc) is 2.75. The Balaban J connectivity index is 0.00000147. The summed E-state index contributed by atoms with van der Waals surface area (Å²) in [6.07, 6.45) is 9.32. The molecule has 1 saturated heterocycles. The Labute approximate surface area is 128 Å². The summed E-state index contributed by atoms with van der Waals surface area (Å²) >= 11 is 0. The first-order valence-corrected chi connectivity index (χ1v) is 7.77. The summed E-state index contributed by atoms with van der Waals surface area (Å²) in [5.74, 6) is 1.09. The average molecular weight is 296 g/mol. The van der Waals surface area contributed by atoms with Crippen LogP contribution in [0.2, 0.25) is 0 Å². The van der Waals surface area contributed by atoms with Crippen LogP contribution in [-0.4, -0.2) is 31.1 Å². The molecule has 1 fully saturated rings. The van der Waals surface area contributed by atoms with Gasteiger partial charge in [0.25, 0.3) is 0 Å². The van der Waals surface area contributed by atoms with Crippen molar-refractivity contribution < 1.29 is 4.74 Å². The Hall–Kier alpha value is -0.730. The summed E-state index contributed by atoms with van der Waals surface area (Å²) < 4.78 is 5.55. The van der Waals surface area contributed by atoms with Crippen LogP contribution in [0, 0.1) is 0 Å².